The first-order chi connectivity index (χ1) is 13.8. The molecule has 0 aromatic carbocycles. The minimum atomic E-state index is -1.57. The van der Waals surface area contributed by atoms with Gasteiger partial charge in [-0.25, -0.2) is 0 Å². The van der Waals surface area contributed by atoms with E-state index in [-0.39, 0.29) is 24.2 Å². The van der Waals surface area contributed by atoms with Gasteiger partial charge in [-0.1, -0.05) is 20.8 Å². The van der Waals surface area contributed by atoms with Crippen molar-refractivity contribution in [3.8, 4) is 0 Å². The van der Waals surface area contributed by atoms with Crippen molar-refractivity contribution >= 4 is 5.78 Å². The van der Waals surface area contributed by atoms with E-state index in [1.807, 2.05) is 20.8 Å². The van der Waals surface area contributed by atoms with E-state index < -0.39 is 66.3 Å². The van der Waals surface area contributed by atoms with Gasteiger partial charge in [-0.2, -0.15) is 0 Å². The fourth-order valence-corrected chi connectivity index (χ4v) is 6.39. The molecule has 6 N–H and O–H groups in total. The van der Waals surface area contributed by atoms with Crippen LogP contribution in [0.1, 0.15) is 47.0 Å². The topological polar surface area (TPSA) is 157 Å². The van der Waals surface area contributed by atoms with Gasteiger partial charge in [-0.15, -0.1) is 0 Å². The summed E-state index contributed by atoms with van der Waals surface area (Å²) < 4.78 is 11.6. The predicted molar refractivity (Wildman–Crippen MR) is 104 cm³/mol. The predicted octanol–water partition coefficient (Wildman–Crippen LogP) is -1.05. The highest BCUT2D eigenvalue weighted by molar-refractivity contribution is 5.85. The van der Waals surface area contributed by atoms with E-state index in [0.29, 0.717) is 12.8 Å². The maximum absolute atomic E-state index is 13.1. The fraction of sp³-hybridized carbons (Fsp3) is 0.952. The SMILES string of the molecule is CC1(C)CC[C@H](O[C@@H]2O[C@H](CO)[C@@H](O)[C@H](O)[C@H]2O)[C@@]2(C)[C@@H]1C(=O)C[C@@](C)(O)[C@@H]2CO. The van der Waals surface area contributed by atoms with Crippen LogP contribution in [0.15, 0.2) is 0 Å². The average Bonchev–Trinajstić information content (AvgIpc) is 2.62. The van der Waals surface area contributed by atoms with E-state index in [0.717, 1.165) is 0 Å². The molecule has 2 aliphatic carbocycles. The minimum absolute atomic E-state index is 0.0608. The van der Waals surface area contributed by atoms with Crippen molar-refractivity contribution in [1.29, 1.82) is 0 Å². The van der Waals surface area contributed by atoms with Crippen molar-refractivity contribution in [3.05, 3.63) is 0 Å². The zero-order chi connectivity index (χ0) is 22.6. The van der Waals surface area contributed by atoms with Gasteiger partial charge in [0.1, 0.15) is 30.2 Å². The minimum Gasteiger partial charge on any atom is -0.396 e. The number of rotatable bonds is 4. The van der Waals surface area contributed by atoms with Crippen LogP contribution >= 0.6 is 0 Å². The Morgan fingerprint density at radius 2 is 1.67 bits per heavy atom. The van der Waals surface area contributed by atoms with Gasteiger partial charge in [-0.3, -0.25) is 4.79 Å². The Bertz CT molecular complexity index is 646. The van der Waals surface area contributed by atoms with E-state index >= 15 is 0 Å². The van der Waals surface area contributed by atoms with Crippen LogP contribution in [-0.4, -0.2) is 92.0 Å². The fourth-order valence-electron chi connectivity index (χ4n) is 6.39. The summed E-state index contributed by atoms with van der Waals surface area (Å²) in [6, 6.07) is 0. The maximum atomic E-state index is 13.1. The molecule has 9 heteroatoms. The molecule has 0 radical (unpaired) electrons. The lowest BCUT2D eigenvalue weighted by molar-refractivity contribution is -0.334. The van der Waals surface area contributed by atoms with Gasteiger partial charge in [-0.05, 0) is 25.2 Å². The number of carbonyl (C=O) groups is 1. The lowest BCUT2D eigenvalue weighted by atomic mass is 9.44. The second kappa shape index (κ2) is 8.04. The summed E-state index contributed by atoms with van der Waals surface area (Å²) in [6.45, 7) is 6.42. The number of Topliss-reactive ketones (excluding diaryl/α,β-unsaturated/α-hetero) is 1. The molecule has 0 amide bonds. The van der Waals surface area contributed by atoms with Gasteiger partial charge in [0, 0.05) is 30.3 Å². The molecule has 1 saturated heterocycles. The molecule has 3 aliphatic rings. The summed E-state index contributed by atoms with van der Waals surface area (Å²) in [4.78, 5) is 13.1. The summed E-state index contributed by atoms with van der Waals surface area (Å²) in [7, 11) is 0. The third-order valence-electron chi connectivity index (χ3n) is 7.83. The molecule has 2 saturated carbocycles. The molecule has 174 valence electrons. The van der Waals surface area contributed by atoms with Crippen LogP contribution in [0.3, 0.4) is 0 Å². The quantitative estimate of drug-likeness (QED) is 0.326. The highest BCUT2D eigenvalue weighted by atomic mass is 16.7. The molecule has 3 rings (SSSR count). The molecule has 3 fully saturated rings. The molecular weight excluding hydrogens is 396 g/mol. The van der Waals surface area contributed by atoms with E-state index in [9.17, 15) is 35.4 Å². The van der Waals surface area contributed by atoms with Crippen LogP contribution in [-0.2, 0) is 14.3 Å². The summed E-state index contributed by atoms with van der Waals surface area (Å²) in [5.74, 6) is -1.26. The van der Waals surface area contributed by atoms with Crippen LogP contribution in [0, 0.1) is 22.7 Å². The highest BCUT2D eigenvalue weighted by Gasteiger charge is 2.66. The second-order valence-corrected chi connectivity index (χ2v) is 10.4. The number of carbonyl (C=O) groups excluding carboxylic acids is 1. The van der Waals surface area contributed by atoms with Gasteiger partial charge in [0.15, 0.2) is 6.29 Å². The third-order valence-corrected chi connectivity index (χ3v) is 7.83. The first kappa shape index (κ1) is 24.0. The molecule has 0 aromatic heterocycles. The average molecular weight is 433 g/mol. The molecule has 0 spiro atoms. The Hall–Kier alpha value is -0.650. The van der Waals surface area contributed by atoms with Gasteiger partial charge in [0.2, 0.25) is 0 Å². The Balaban J connectivity index is 1.97. The summed E-state index contributed by atoms with van der Waals surface area (Å²) in [5, 5.41) is 61.1. The van der Waals surface area contributed by atoms with Crippen LogP contribution in [0.25, 0.3) is 0 Å². The van der Waals surface area contributed by atoms with Gasteiger partial charge >= 0.3 is 0 Å². The number of aliphatic hydroxyl groups is 6. The van der Waals surface area contributed by atoms with Crippen molar-refractivity contribution in [2.75, 3.05) is 13.2 Å². The molecule has 0 aromatic rings. The van der Waals surface area contributed by atoms with Crippen molar-refractivity contribution in [2.24, 2.45) is 22.7 Å². The van der Waals surface area contributed by atoms with E-state index in [1.165, 1.54) is 0 Å². The first-order valence-corrected chi connectivity index (χ1v) is 10.6. The molecule has 9 nitrogen and oxygen atoms in total. The normalized spacial score (nSPS) is 51.5. The standard InChI is InChI=1S/C21H36O9/c1-19(2)6-5-13(30-18-16(27)15(26)14(25)11(8-22)29-18)21(4)12(9-23)20(3,28)7-10(24)17(19)21/h11-18,22-23,25-28H,5-9H2,1-4H3/t11-,12+,13+,14-,15+,16-,17-,18+,20-,21+/m1/s1. The largest absolute Gasteiger partial charge is 0.396 e. The van der Waals surface area contributed by atoms with Crippen molar-refractivity contribution in [1.82, 2.24) is 0 Å². The molecule has 1 heterocycles. The lowest BCUT2D eigenvalue weighted by Gasteiger charge is -2.62. The van der Waals surface area contributed by atoms with Crippen LogP contribution < -0.4 is 0 Å². The molecule has 1 aliphatic heterocycles. The molecule has 0 bridgehead atoms. The second-order valence-electron chi connectivity index (χ2n) is 10.4. The smallest absolute Gasteiger partial charge is 0.186 e. The molecular formula is C21H36O9. The molecule has 10 atom stereocenters. The number of ether oxygens (including phenoxy) is 2. The number of aliphatic hydroxyl groups excluding tert-OH is 5. The van der Waals surface area contributed by atoms with Gasteiger partial charge in [0.05, 0.1) is 18.3 Å². The summed E-state index contributed by atoms with van der Waals surface area (Å²) >= 11 is 0. The number of ketones is 1. The third kappa shape index (κ3) is 3.63. The summed E-state index contributed by atoms with van der Waals surface area (Å²) in [5.41, 5.74) is -2.78. The van der Waals surface area contributed by atoms with Crippen molar-refractivity contribution in [2.45, 2.75) is 89.4 Å². The zero-order valence-corrected chi connectivity index (χ0v) is 18.1. The monoisotopic (exact) mass is 432 g/mol. The number of fused-ring (bicyclic) bond motifs is 1. The van der Waals surface area contributed by atoms with Gasteiger partial charge < -0.3 is 40.1 Å². The van der Waals surface area contributed by atoms with E-state index in [2.05, 4.69) is 0 Å². The maximum Gasteiger partial charge on any atom is 0.186 e. The summed E-state index contributed by atoms with van der Waals surface area (Å²) in [6.07, 6.45) is -6.70. The number of hydrogen-bond acceptors (Lipinski definition) is 9. The molecule has 0 unspecified atom stereocenters. The first-order valence-electron chi connectivity index (χ1n) is 10.6. The van der Waals surface area contributed by atoms with Crippen LogP contribution in [0.5, 0.6) is 0 Å². The Morgan fingerprint density at radius 1 is 1.03 bits per heavy atom. The Labute approximate surface area is 176 Å². The zero-order valence-electron chi connectivity index (χ0n) is 18.1. The van der Waals surface area contributed by atoms with E-state index in [4.69, 9.17) is 9.47 Å². The Kier molecular flexibility index (Phi) is 6.43. The molecule has 30 heavy (non-hydrogen) atoms. The number of hydrogen-bond donors (Lipinski definition) is 6. The van der Waals surface area contributed by atoms with Crippen molar-refractivity contribution in [3.63, 3.8) is 0 Å². The van der Waals surface area contributed by atoms with Crippen molar-refractivity contribution < 1.29 is 44.9 Å². The lowest BCUT2D eigenvalue weighted by Crippen LogP contribution is -2.68. The Morgan fingerprint density at radius 3 is 2.23 bits per heavy atom. The van der Waals surface area contributed by atoms with Gasteiger partial charge in [0.25, 0.3) is 0 Å². The van der Waals surface area contributed by atoms with Crippen LogP contribution in [0.2, 0.25) is 0 Å². The van der Waals surface area contributed by atoms with E-state index in [1.54, 1.807) is 6.92 Å². The highest BCUT2D eigenvalue weighted by Crippen LogP contribution is 2.61. The van der Waals surface area contributed by atoms with Crippen LogP contribution in [0.4, 0.5) is 0 Å².